The SMILES string of the molecule is CC(C(=O)NC1CC1)N1CCN(C(=O)COc2ccccc2C#N)CC1. The third-order valence-corrected chi connectivity index (χ3v) is 4.88. The van der Waals surface area contributed by atoms with Gasteiger partial charge >= 0.3 is 0 Å². The first-order valence-corrected chi connectivity index (χ1v) is 9.02. The molecule has 1 aromatic carbocycles. The van der Waals surface area contributed by atoms with Crippen molar-refractivity contribution in [1.82, 2.24) is 15.1 Å². The first-order valence-electron chi connectivity index (χ1n) is 9.02. The zero-order valence-electron chi connectivity index (χ0n) is 15.0. The van der Waals surface area contributed by atoms with Gasteiger partial charge in [-0.15, -0.1) is 0 Å². The van der Waals surface area contributed by atoms with E-state index in [1.807, 2.05) is 6.92 Å². The summed E-state index contributed by atoms with van der Waals surface area (Å²) in [7, 11) is 0. The summed E-state index contributed by atoms with van der Waals surface area (Å²) < 4.78 is 5.51. The van der Waals surface area contributed by atoms with Gasteiger partial charge in [-0.2, -0.15) is 5.26 Å². The number of amides is 2. The number of nitriles is 1. The molecule has 3 rings (SSSR count). The summed E-state index contributed by atoms with van der Waals surface area (Å²) in [5.41, 5.74) is 0.417. The fourth-order valence-corrected chi connectivity index (χ4v) is 2.99. The molecule has 138 valence electrons. The predicted octanol–water partition coefficient (Wildman–Crippen LogP) is 0.748. The van der Waals surface area contributed by atoms with Crippen LogP contribution in [0.3, 0.4) is 0 Å². The monoisotopic (exact) mass is 356 g/mol. The van der Waals surface area contributed by atoms with E-state index in [0.29, 0.717) is 43.5 Å². The van der Waals surface area contributed by atoms with E-state index in [9.17, 15) is 9.59 Å². The standard InChI is InChI=1S/C19H24N4O3/c1-14(19(25)21-16-6-7-16)22-8-10-23(11-9-22)18(24)13-26-17-5-3-2-4-15(17)12-20/h2-5,14,16H,6-11,13H2,1H3,(H,21,25). The Morgan fingerprint density at radius 1 is 1.27 bits per heavy atom. The molecular formula is C19H24N4O3. The quantitative estimate of drug-likeness (QED) is 0.813. The van der Waals surface area contributed by atoms with Gasteiger partial charge in [-0.05, 0) is 31.9 Å². The van der Waals surface area contributed by atoms with Gasteiger partial charge in [0.25, 0.3) is 5.91 Å². The number of nitrogens with one attached hydrogen (secondary N) is 1. The Morgan fingerprint density at radius 2 is 1.96 bits per heavy atom. The lowest BCUT2D eigenvalue weighted by molar-refractivity contribution is -0.136. The maximum absolute atomic E-state index is 12.4. The fourth-order valence-electron chi connectivity index (χ4n) is 2.99. The molecule has 0 aromatic heterocycles. The molecule has 1 heterocycles. The van der Waals surface area contributed by atoms with E-state index < -0.39 is 0 Å². The summed E-state index contributed by atoms with van der Waals surface area (Å²) >= 11 is 0. The van der Waals surface area contributed by atoms with Gasteiger partial charge in [0.1, 0.15) is 11.8 Å². The second-order valence-corrected chi connectivity index (χ2v) is 6.77. The largest absolute Gasteiger partial charge is 0.482 e. The van der Waals surface area contributed by atoms with Crippen LogP contribution in [-0.2, 0) is 9.59 Å². The van der Waals surface area contributed by atoms with Crippen LogP contribution in [0, 0.1) is 11.3 Å². The van der Waals surface area contributed by atoms with Crippen LogP contribution in [0.15, 0.2) is 24.3 Å². The highest BCUT2D eigenvalue weighted by Gasteiger charge is 2.30. The summed E-state index contributed by atoms with van der Waals surface area (Å²) in [6, 6.07) is 9.11. The van der Waals surface area contributed by atoms with E-state index in [2.05, 4.69) is 16.3 Å². The lowest BCUT2D eigenvalue weighted by atomic mass is 10.2. The van der Waals surface area contributed by atoms with Crippen LogP contribution in [-0.4, -0.2) is 66.5 Å². The molecule has 2 aliphatic rings. The van der Waals surface area contributed by atoms with Crippen molar-refractivity contribution >= 4 is 11.8 Å². The highest BCUT2D eigenvalue weighted by atomic mass is 16.5. The van der Waals surface area contributed by atoms with Gasteiger partial charge in [0, 0.05) is 32.2 Å². The van der Waals surface area contributed by atoms with Gasteiger partial charge in [-0.25, -0.2) is 0 Å². The topological polar surface area (TPSA) is 85.7 Å². The van der Waals surface area contributed by atoms with E-state index in [-0.39, 0.29) is 24.5 Å². The number of rotatable bonds is 6. The van der Waals surface area contributed by atoms with Gasteiger partial charge in [-0.1, -0.05) is 12.1 Å². The van der Waals surface area contributed by atoms with Gasteiger partial charge in [0.2, 0.25) is 5.91 Å². The van der Waals surface area contributed by atoms with Gasteiger partial charge < -0.3 is 15.0 Å². The molecule has 7 nitrogen and oxygen atoms in total. The maximum atomic E-state index is 12.4. The van der Waals surface area contributed by atoms with Crippen molar-refractivity contribution in [2.75, 3.05) is 32.8 Å². The molecule has 0 bridgehead atoms. The molecule has 1 saturated carbocycles. The highest BCUT2D eigenvalue weighted by molar-refractivity contribution is 5.82. The Balaban J connectivity index is 1.44. The lowest BCUT2D eigenvalue weighted by Gasteiger charge is -2.37. The van der Waals surface area contributed by atoms with Crippen LogP contribution in [0.25, 0.3) is 0 Å². The molecule has 1 aromatic rings. The Morgan fingerprint density at radius 3 is 2.62 bits per heavy atom. The van der Waals surface area contributed by atoms with Crippen molar-refractivity contribution in [3.05, 3.63) is 29.8 Å². The van der Waals surface area contributed by atoms with E-state index in [1.165, 1.54) is 0 Å². The molecular weight excluding hydrogens is 332 g/mol. The van der Waals surface area contributed by atoms with E-state index in [1.54, 1.807) is 29.2 Å². The number of piperazine rings is 1. The number of benzene rings is 1. The second kappa shape index (κ2) is 8.19. The smallest absolute Gasteiger partial charge is 0.260 e. The maximum Gasteiger partial charge on any atom is 0.260 e. The Hall–Kier alpha value is -2.59. The minimum Gasteiger partial charge on any atom is -0.482 e. The van der Waals surface area contributed by atoms with Crippen LogP contribution >= 0.6 is 0 Å². The number of hydrogen-bond acceptors (Lipinski definition) is 5. The Labute approximate surface area is 153 Å². The molecule has 1 aliphatic carbocycles. The van der Waals surface area contributed by atoms with E-state index in [4.69, 9.17) is 10.00 Å². The number of hydrogen-bond donors (Lipinski definition) is 1. The summed E-state index contributed by atoms with van der Waals surface area (Å²) in [5.74, 6) is 0.392. The lowest BCUT2D eigenvalue weighted by Crippen LogP contribution is -2.55. The number of nitrogens with zero attached hydrogens (tertiary/aromatic N) is 3. The van der Waals surface area contributed by atoms with Gasteiger partial charge in [0.05, 0.1) is 11.6 Å². The summed E-state index contributed by atoms with van der Waals surface area (Å²) in [6.45, 7) is 4.30. The molecule has 1 N–H and O–H groups in total. The summed E-state index contributed by atoms with van der Waals surface area (Å²) in [6.07, 6.45) is 2.16. The van der Waals surface area contributed by atoms with Crippen LogP contribution in [0.2, 0.25) is 0 Å². The van der Waals surface area contributed by atoms with Crippen molar-refractivity contribution in [1.29, 1.82) is 5.26 Å². The zero-order valence-corrected chi connectivity index (χ0v) is 15.0. The van der Waals surface area contributed by atoms with E-state index >= 15 is 0 Å². The van der Waals surface area contributed by atoms with Crippen LogP contribution in [0.1, 0.15) is 25.3 Å². The molecule has 1 aliphatic heterocycles. The number of para-hydroxylation sites is 1. The van der Waals surface area contributed by atoms with E-state index in [0.717, 1.165) is 12.8 Å². The third-order valence-electron chi connectivity index (χ3n) is 4.88. The first-order chi connectivity index (χ1) is 12.6. The van der Waals surface area contributed by atoms with Crippen molar-refractivity contribution < 1.29 is 14.3 Å². The van der Waals surface area contributed by atoms with Crippen molar-refractivity contribution in [2.24, 2.45) is 0 Å². The first kappa shape index (κ1) is 18.2. The summed E-state index contributed by atoms with van der Waals surface area (Å²) in [5, 5.41) is 12.1. The minimum atomic E-state index is -0.174. The van der Waals surface area contributed by atoms with Crippen LogP contribution in [0.4, 0.5) is 0 Å². The summed E-state index contributed by atoms with van der Waals surface area (Å²) in [4.78, 5) is 28.4. The second-order valence-electron chi connectivity index (χ2n) is 6.77. The van der Waals surface area contributed by atoms with Gasteiger partial charge in [-0.3, -0.25) is 14.5 Å². The van der Waals surface area contributed by atoms with Crippen LogP contribution < -0.4 is 10.1 Å². The minimum absolute atomic E-state index is 0.0729. The normalized spacial score (nSPS) is 18.7. The molecule has 2 fully saturated rings. The van der Waals surface area contributed by atoms with Crippen LogP contribution in [0.5, 0.6) is 5.75 Å². The average Bonchev–Trinajstić information content (AvgIpc) is 3.49. The zero-order chi connectivity index (χ0) is 18.5. The molecule has 26 heavy (non-hydrogen) atoms. The van der Waals surface area contributed by atoms with Gasteiger partial charge in [0.15, 0.2) is 6.61 Å². The number of ether oxygens (including phenoxy) is 1. The third kappa shape index (κ3) is 4.52. The Bertz CT molecular complexity index is 703. The fraction of sp³-hybridized carbons (Fsp3) is 0.526. The molecule has 1 saturated heterocycles. The van der Waals surface area contributed by atoms with Crippen molar-refractivity contribution in [3.8, 4) is 11.8 Å². The molecule has 0 spiro atoms. The number of carbonyl (C=O) groups excluding carboxylic acids is 2. The number of carbonyl (C=O) groups is 2. The molecule has 1 atom stereocenters. The highest BCUT2D eigenvalue weighted by Crippen LogP contribution is 2.19. The molecule has 1 unspecified atom stereocenters. The molecule has 0 radical (unpaired) electrons. The van der Waals surface area contributed by atoms with Crippen molar-refractivity contribution in [2.45, 2.75) is 31.8 Å². The predicted molar refractivity (Wildman–Crippen MR) is 95.4 cm³/mol. The molecule has 7 heteroatoms. The molecule has 2 amide bonds. The Kier molecular flexibility index (Phi) is 5.74. The average molecular weight is 356 g/mol. The van der Waals surface area contributed by atoms with Crippen molar-refractivity contribution in [3.63, 3.8) is 0 Å².